The van der Waals surface area contributed by atoms with Crippen molar-refractivity contribution in [3.05, 3.63) is 63.1 Å². The first-order chi connectivity index (χ1) is 10.1. The van der Waals surface area contributed by atoms with E-state index < -0.39 is 11.6 Å². The van der Waals surface area contributed by atoms with Gasteiger partial charge in [0.15, 0.2) is 0 Å². The minimum atomic E-state index is -0.600. The number of fused-ring (bicyclic) bond motifs is 3. The van der Waals surface area contributed by atoms with Crippen LogP contribution in [0.1, 0.15) is 29.0 Å². The third kappa shape index (κ3) is 2.26. The Balaban J connectivity index is 1.54. The molecular formula is C17H13BrF2O. The Hall–Kier alpha value is -1.42. The maximum absolute atomic E-state index is 13.9. The van der Waals surface area contributed by atoms with Gasteiger partial charge in [0.05, 0.1) is 10.0 Å². The molecule has 108 valence electrons. The molecule has 2 unspecified atom stereocenters. The number of rotatable bonds is 3. The second-order valence-corrected chi connectivity index (χ2v) is 6.63. The molecule has 0 radical (unpaired) electrons. The van der Waals surface area contributed by atoms with Gasteiger partial charge < -0.3 is 4.74 Å². The highest BCUT2D eigenvalue weighted by atomic mass is 79.9. The van der Waals surface area contributed by atoms with Crippen molar-refractivity contribution in [1.82, 2.24) is 0 Å². The van der Waals surface area contributed by atoms with Crippen molar-refractivity contribution in [2.75, 3.05) is 0 Å². The molecule has 4 heteroatoms. The molecule has 0 heterocycles. The standard InChI is InChI=1S/C17H13BrF2O/c18-15-3-4-16(19)14(17(15)20)8-21-11-1-2-12-9(6-11)5-10-7-13(10)12/h1-4,6,10,13H,5,7-8H2. The Labute approximate surface area is 130 Å². The minimum absolute atomic E-state index is 0.0484. The molecule has 1 saturated carbocycles. The zero-order chi connectivity index (χ0) is 14.6. The number of benzene rings is 2. The first-order valence-corrected chi connectivity index (χ1v) is 7.81. The van der Waals surface area contributed by atoms with Crippen molar-refractivity contribution < 1.29 is 13.5 Å². The van der Waals surface area contributed by atoms with Gasteiger partial charge in [-0.15, -0.1) is 0 Å². The van der Waals surface area contributed by atoms with Crippen LogP contribution in [0.3, 0.4) is 0 Å². The van der Waals surface area contributed by atoms with E-state index >= 15 is 0 Å². The van der Waals surface area contributed by atoms with Crippen LogP contribution < -0.4 is 4.74 Å². The molecule has 2 aromatic rings. The number of hydrogen-bond donors (Lipinski definition) is 0. The van der Waals surface area contributed by atoms with E-state index in [1.807, 2.05) is 12.1 Å². The predicted molar refractivity (Wildman–Crippen MR) is 79.4 cm³/mol. The van der Waals surface area contributed by atoms with Gasteiger partial charge in [-0.05, 0) is 76.0 Å². The lowest BCUT2D eigenvalue weighted by atomic mass is 10.1. The molecule has 4 rings (SSSR count). The lowest BCUT2D eigenvalue weighted by molar-refractivity contribution is 0.292. The summed E-state index contributed by atoms with van der Waals surface area (Å²) in [5.74, 6) is 1.05. The summed E-state index contributed by atoms with van der Waals surface area (Å²) in [4.78, 5) is 0. The van der Waals surface area contributed by atoms with E-state index in [0.29, 0.717) is 5.75 Å². The Morgan fingerprint density at radius 3 is 2.90 bits per heavy atom. The fraction of sp³-hybridized carbons (Fsp3) is 0.294. The highest BCUT2D eigenvalue weighted by molar-refractivity contribution is 9.10. The lowest BCUT2D eigenvalue weighted by Gasteiger charge is -2.11. The number of hydrogen-bond acceptors (Lipinski definition) is 1. The van der Waals surface area contributed by atoms with Crippen LogP contribution >= 0.6 is 15.9 Å². The van der Waals surface area contributed by atoms with Crippen molar-refractivity contribution in [3.63, 3.8) is 0 Å². The molecule has 0 aliphatic heterocycles. The molecule has 0 N–H and O–H groups in total. The fourth-order valence-electron chi connectivity index (χ4n) is 3.20. The molecule has 1 fully saturated rings. The van der Waals surface area contributed by atoms with Crippen LogP contribution in [0.4, 0.5) is 8.78 Å². The first kappa shape index (κ1) is 13.3. The van der Waals surface area contributed by atoms with Crippen molar-refractivity contribution >= 4 is 15.9 Å². The van der Waals surface area contributed by atoms with Crippen LogP contribution in [0, 0.1) is 17.6 Å². The smallest absolute Gasteiger partial charge is 0.146 e. The van der Waals surface area contributed by atoms with Crippen molar-refractivity contribution in [2.24, 2.45) is 5.92 Å². The van der Waals surface area contributed by atoms with Crippen LogP contribution in [0.25, 0.3) is 0 Å². The van der Waals surface area contributed by atoms with Crippen LogP contribution in [-0.2, 0) is 13.0 Å². The van der Waals surface area contributed by atoms with E-state index in [2.05, 4.69) is 22.0 Å². The van der Waals surface area contributed by atoms with Gasteiger partial charge in [0.2, 0.25) is 0 Å². The van der Waals surface area contributed by atoms with Crippen LogP contribution in [0.2, 0.25) is 0 Å². The Kier molecular flexibility index (Phi) is 3.03. The second kappa shape index (κ2) is 4.80. The minimum Gasteiger partial charge on any atom is -0.489 e. The molecule has 2 aromatic carbocycles. The summed E-state index contributed by atoms with van der Waals surface area (Å²) in [5, 5.41) is 0. The van der Waals surface area contributed by atoms with Gasteiger partial charge in [-0.1, -0.05) is 6.07 Å². The molecule has 2 aliphatic carbocycles. The van der Waals surface area contributed by atoms with E-state index in [4.69, 9.17) is 4.74 Å². The molecule has 0 aromatic heterocycles. The zero-order valence-corrected chi connectivity index (χ0v) is 12.8. The van der Waals surface area contributed by atoms with Gasteiger partial charge in [0, 0.05) is 0 Å². The summed E-state index contributed by atoms with van der Waals surface area (Å²) in [7, 11) is 0. The molecule has 1 nitrogen and oxygen atoms in total. The Morgan fingerprint density at radius 1 is 1.19 bits per heavy atom. The summed E-state index contributed by atoms with van der Waals surface area (Å²) >= 11 is 3.06. The van der Waals surface area contributed by atoms with Gasteiger partial charge in [0.1, 0.15) is 24.0 Å². The molecule has 2 aliphatic rings. The van der Waals surface area contributed by atoms with Gasteiger partial charge in [-0.25, -0.2) is 8.78 Å². The van der Waals surface area contributed by atoms with E-state index in [1.54, 1.807) is 0 Å². The average Bonchev–Trinajstić information content (AvgIpc) is 3.15. The summed E-state index contributed by atoms with van der Waals surface area (Å²) in [6.07, 6.45) is 2.42. The van der Waals surface area contributed by atoms with Gasteiger partial charge >= 0.3 is 0 Å². The van der Waals surface area contributed by atoms with Crippen LogP contribution in [0.5, 0.6) is 5.75 Å². The Morgan fingerprint density at radius 2 is 2.05 bits per heavy atom. The number of halogens is 3. The molecule has 2 atom stereocenters. The van der Waals surface area contributed by atoms with Crippen molar-refractivity contribution in [3.8, 4) is 5.75 Å². The lowest BCUT2D eigenvalue weighted by Crippen LogP contribution is -2.03. The molecule has 0 bridgehead atoms. The van der Waals surface area contributed by atoms with E-state index in [0.717, 1.165) is 18.3 Å². The quantitative estimate of drug-likeness (QED) is 0.710. The Bertz CT molecular complexity index is 729. The zero-order valence-electron chi connectivity index (χ0n) is 11.2. The van der Waals surface area contributed by atoms with Gasteiger partial charge in [-0.3, -0.25) is 0 Å². The predicted octanol–water partition coefficient (Wildman–Crippen LogP) is 4.97. The summed E-state index contributed by atoms with van der Waals surface area (Å²) < 4.78 is 33.4. The largest absolute Gasteiger partial charge is 0.489 e. The average molecular weight is 351 g/mol. The second-order valence-electron chi connectivity index (χ2n) is 5.78. The molecule has 0 amide bonds. The van der Waals surface area contributed by atoms with Crippen LogP contribution in [0.15, 0.2) is 34.8 Å². The SMILES string of the molecule is Fc1ccc(Br)c(F)c1COc1ccc2c(c1)CC1CC21. The van der Waals surface area contributed by atoms with Crippen molar-refractivity contribution in [2.45, 2.75) is 25.4 Å². The monoisotopic (exact) mass is 350 g/mol. The molecule has 21 heavy (non-hydrogen) atoms. The number of ether oxygens (including phenoxy) is 1. The highest BCUT2D eigenvalue weighted by Crippen LogP contribution is 2.56. The normalized spacial score (nSPS) is 21.9. The van der Waals surface area contributed by atoms with E-state index in [-0.39, 0.29) is 16.6 Å². The molecular weight excluding hydrogens is 338 g/mol. The fourth-order valence-corrected chi connectivity index (χ4v) is 3.58. The van der Waals surface area contributed by atoms with E-state index in [1.165, 1.54) is 29.7 Å². The topological polar surface area (TPSA) is 9.23 Å². The summed E-state index contributed by atoms with van der Waals surface area (Å²) in [6, 6.07) is 8.59. The molecule has 0 spiro atoms. The third-order valence-corrected chi connectivity index (χ3v) is 5.05. The van der Waals surface area contributed by atoms with E-state index in [9.17, 15) is 8.78 Å². The molecule has 0 saturated heterocycles. The summed E-state index contributed by atoms with van der Waals surface area (Å²) in [6.45, 7) is -0.108. The van der Waals surface area contributed by atoms with Crippen molar-refractivity contribution in [1.29, 1.82) is 0 Å². The van der Waals surface area contributed by atoms with Gasteiger partial charge in [0.25, 0.3) is 0 Å². The first-order valence-electron chi connectivity index (χ1n) is 7.01. The summed E-state index contributed by atoms with van der Waals surface area (Å²) in [5.41, 5.74) is 2.70. The highest BCUT2D eigenvalue weighted by Gasteiger charge is 2.44. The maximum atomic E-state index is 13.9. The third-order valence-electron chi connectivity index (χ3n) is 4.44. The van der Waals surface area contributed by atoms with Gasteiger partial charge in [-0.2, -0.15) is 0 Å². The van der Waals surface area contributed by atoms with Crippen LogP contribution in [-0.4, -0.2) is 0 Å². The maximum Gasteiger partial charge on any atom is 0.146 e.